The van der Waals surface area contributed by atoms with E-state index in [0.717, 1.165) is 23.9 Å². The summed E-state index contributed by atoms with van der Waals surface area (Å²) >= 11 is 1.74. The van der Waals surface area contributed by atoms with Crippen molar-refractivity contribution in [3.63, 3.8) is 0 Å². The van der Waals surface area contributed by atoms with Crippen LogP contribution in [-0.2, 0) is 13.0 Å². The van der Waals surface area contributed by atoms with E-state index >= 15 is 0 Å². The molecule has 2 aromatic rings. The molecule has 0 amide bonds. The molecule has 1 aromatic heterocycles. The van der Waals surface area contributed by atoms with Gasteiger partial charge in [-0.2, -0.15) is 0 Å². The molecule has 4 nitrogen and oxygen atoms in total. The predicted molar refractivity (Wildman–Crippen MR) is 85.6 cm³/mol. The van der Waals surface area contributed by atoms with Crippen molar-refractivity contribution in [2.75, 3.05) is 7.05 Å². The van der Waals surface area contributed by atoms with Crippen LogP contribution >= 0.6 is 11.8 Å². The molecule has 1 aromatic carbocycles. The summed E-state index contributed by atoms with van der Waals surface area (Å²) in [6.45, 7) is 3.23. The van der Waals surface area contributed by atoms with Crippen LogP contribution in [0, 0.1) is 0 Å². The fraction of sp³-hybridized carbons (Fsp3) is 0.500. The van der Waals surface area contributed by atoms with Gasteiger partial charge in [-0.1, -0.05) is 24.6 Å². The minimum atomic E-state index is 0.334. The van der Waals surface area contributed by atoms with Crippen molar-refractivity contribution in [1.82, 2.24) is 20.1 Å². The van der Waals surface area contributed by atoms with Gasteiger partial charge in [0, 0.05) is 23.9 Å². The van der Waals surface area contributed by atoms with Crippen molar-refractivity contribution < 1.29 is 0 Å². The molecular weight excluding hydrogens is 280 g/mol. The van der Waals surface area contributed by atoms with Crippen LogP contribution in [0.25, 0.3) is 0 Å². The van der Waals surface area contributed by atoms with Gasteiger partial charge in [-0.3, -0.25) is 0 Å². The molecule has 3 rings (SSSR count). The van der Waals surface area contributed by atoms with Crippen LogP contribution in [0.5, 0.6) is 0 Å². The van der Waals surface area contributed by atoms with Gasteiger partial charge in [0.2, 0.25) is 0 Å². The lowest BCUT2D eigenvalue weighted by Crippen LogP contribution is -2.13. The van der Waals surface area contributed by atoms with Gasteiger partial charge in [0.15, 0.2) is 5.16 Å². The molecule has 0 saturated carbocycles. The van der Waals surface area contributed by atoms with Crippen molar-refractivity contribution in [1.29, 1.82) is 0 Å². The first-order valence-electron chi connectivity index (χ1n) is 7.65. The number of fused-ring (bicyclic) bond motifs is 1. The average Bonchev–Trinajstić information content (AvgIpc) is 2.74. The lowest BCUT2D eigenvalue weighted by atomic mass is 10.1. The zero-order valence-corrected chi connectivity index (χ0v) is 13.5. The maximum absolute atomic E-state index is 4.42. The van der Waals surface area contributed by atoms with Crippen LogP contribution in [0.15, 0.2) is 34.3 Å². The van der Waals surface area contributed by atoms with Crippen molar-refractivity contribution >= 4 is 11.8 Å². The molecule has 112 valence electrons. The first kappa shape index (κ1) is 14.6. The van der Waals surface area contributed by atoms with Crippen molar-refractivity contribution in [3.8, 4) is 0 Å². The van der Waals surface area contributed by atoms with Crippen LogP contribution in [0.4, 0.5) is 0 Å². The highest BCUT2D eigenvalue weighted by molar-refractivity contribution is 7.99. The van der Waals surface area contributed by atoms with Gasteiger partial charge in [-0.05, 0) is 50.2 Å². The van der Waals surface area contributed by atoms with Crippen molar-refractivity contribution in [3.05, 3.63) is 35.7 Å². The summed E-state index contributed by atoms with van der Waals surface area (Å²) in [5, 5.41) is 13.1. The molecule has 0 radical (unpaired) electrons. The number of hydrogen-bond acceptors (Lipinski definition) is 4. The third-order valence-electron chi connectivity index (χ3n) is 4.10. The van der Waals surface area contributed by atoms with Gasteiger partial charge in [0.1, 0.15) is 5.82 Å². The summed E-state index contributed by atoms with van der Waals surface area (Å²) in [7, 11) is 2.00. The molecule has 0 spiro atoms. The zero-order chi connectivity index (χ0) is 14.7. The predicted octanol–water partition coefficient (Wildman–Crippen LogP) is 3.44. The zero-order valence-electron chi connectivity index (χ0n) is 12.7. The average molecular weight is 302 g/mol. The van der Waals surface area contributed by atoms with E-state index in [-0.39, 0.29) is 0 Å². The highest BCUT2D eigenvalue weighted by Crippen LogP contribution is 2.33. The summed E-state index contributed by atoms with van der Waals surface area (Å²) in [5.74, 6) is 1.15. The summed E-state index contributed by atoms with van der Waals surface area (Å²) in [6, 6.07) is 8.88. The molecule has 0 aliphatic carbocycles. The second-order valence-corrected chi connectivity index (χ2v) is 6.52. The summed E-state index contributed by atoms with van der Waals surface area (Å²) in [6.07, 6.45) is 4.81. The minimum Gasteiger partial charge on any atom is -0.313 e. The van der Waals surface area contributed by atoms with Gasteiger partial charge in [-0.15, -0.1) is 10.2 Å². The second kappa shape index (κ2) is 6.62. The minimum absolute atomic E-state index is 0.334. The van der Waals surface area contributed by atoms with Crippen molar-refractivity contribution in [2.45, 2.75) is 55.2 Å². The topological polar surface area (TPSA) is 42.7 Å². The van der Waals surface area contributed by atoms with E-state index in [1.54, 1.807) is 11.8 Å². The lowest BCUT2D eigenvalue weighted by Gasteiger charge is -2.15. The normalized spacial score (nSPS) is 16.3. The molecule has 2 heterocycles. The van der Waals surface area contributed by atoms with E-state index in [4.69, 9.17) is 0 Å². The quantitative estimate of drug-likeness (QED) is 0.939. The fourth-order valence-corrected chi connectivity index (χ4v) is 3.81. The van der Waals surface area contributed by atoms with E-state index in [9.17, 15) is 0 Å². The van der Waals surface area contributed by atoms with Crippen LogP contribution in [0.3, 0.4) is 0 Å². The molecule has 5 heteroatoms. The second-order valence-electron chi connectivity index (χ2n) is 5.51. The molecule has 1 aliphatic rings. The van der Waals surface area contributed by atoms with Gasteiger partial charge in [-0.25, -0.2) is 0 Å². The number of aryl methyl sites for hydroxylation is 1. The molecule has 0 fully saturated rings. The Morgan fingerprint density at radius 1 is 1.19 bits per heavy atom. The summed E-state index contributed by atoms with van der Waals surface area (Å²) in [5.41, 5.74) is 1.32. The molecular formula is C16H22N4S. The Bertz CT molecular complexity index is 608. The van der Waals surface area contributed by atoms with Gasteiger partial charge >= 0.3 is 0 Å². The van der Waals surface area contributed by atoms with E-state index in [0.29, 0.717) is 6.04 Å². The molecule has 21 heavy (non-hydrogen) atoms. The van der Waals surface area contributed by atoms with Gasteiger partial charge < -0.3 is 9.88 Å². The van der Waals surface area contributed by atoms with Crippen LogP contribution in [-0.4, -0.2) is 21.8 Å². The Morgan fingerprint density at radius 2 is 2.05 bits per heavy atom. The lowest BCUT2D eigenvalue weighted by molar-refractivity contribution is 0.590. The summed E-state index contributed by atoms with van der Waals surface area (Å²) in [4.78, 5) is 1.26. The third-order valence-corrected chi connectivity index (χ3v) is 5.17. The van der Waals surface area contributed by atoms with Crippen LogP contribution in [0.2, 0.25) is 0 Å². The first-order chi connectivity index (χ1) is 10.3. The maximum atomic E-state index is 4.42. The van der Waals surface area contributed by atoms with Crippen molar-refractivity contribution in [2.24, 2.45) is 0 Å². The molecule has 1 N–H and O–H groups in total. The number of nitrogens with zero attached hydrogens (tertiary/aromatic N) is 3. The molecule has 0 bridgehead atoms. The van der Waals surface area contributed by atoms with Crippen LogP contribution < -0.4 is 5.32 Å². The van der Waals surface area contributed by atoms with Gasteiger partial charge in [0.05, 0.1) is 0 Å². The monoisotopic (exact) mass is 302 g/mol. The smallest absolute Gasteiger partial charge is 0.196 e. The Hall–Kier alpha value is -1.33. The standard InChI is InChI=1S/C16H22N4S/c1-12(17-2)13-8-5-6-9-14(13)21-16-19-18-15-10-4-3-7-11-20(15)16/h5-6,8-9,12,17H,3-4,7,10-11H2,1-2H3. The third kappa shape index (κ3) is 3.14. The number of nitrogens with one attached hydrogen (secondary N) is 1. The number of rotatable bonds is 4. The fourth-order valence-electron chi connectivity index (χ4n) is 2.72. The van der Waals surface area contributed by atoms with E-state index < -0.39 is 0 Å². The maximum Gasteiger partial charge on any atom is 0.196 e. The SMILES string of the molecule is CNC(C)c1ccccc1Sc1nnc2n1CCCCC2. The molecule has 1 unspecified atom stereocenters. The highest BCUT2D eigenvalue weighted by atomic mass is 32.2. The highest BCUT2D eigenvalue weighted by Gasteiger charge is 2.17. The first-order valence-corrected chi connectivity index (χ1v) is 8.47. The number of hydrogen-bond donors (Lipinski definition) is 1. The Balaban J connectivity index is 1.89. The van der Waals surface area contributed by atoms with E-state index in [1.807, 2.05) is 7.05 Å². The Morgan fingerprint density at radius 3 is 2.90 bits per heavy atom. The molecule has 1 aliphatic heterocycles. The van der Waals surface area contributed by atoms with Crippen LogP contribution in [0.1, 0.15) is 43.6 Å². The Kier molecular flexibility index (Phi) is 4.60. The number of aromatic nitrogens is 3. The Labute approximate surface area is 130 Å². The summed E-state index contributed by atoms with van der Waals surface area (Å²) < 4.78 is 2.30. The number of benzene rings is 1. The molecule has 1 atom stereocenters. The molecule has 0 saturated heterocycles. The van der Waals surface area contributed by atoms with E-state index in [2.05, 4.69) is 51.3 Å². The van der Waals surface area contributed by atoms with Gasteiger partial charge in [0.25, 0.3) is 0 Å². The largest absolute Gasteiger partial charge is 0.313 e. The van der Waals surface area contributed by atoms with E-state index in [1.165, 1.54) is 29.7 Å².